The van der Waals surface area contributed by atoms with E-state index in [1.165, 1.54) is 10.8 Å². The van der Waals surface area contributed by atoms with Gasteiger partial charge in [0, 0.05) is 26.4 Å². The number of aromatic amines is 1. The van der Waals surface area contributed by atoms with Gasteiger partial charge < -0.3 is 5.32 Å². The monoisotopic (exact) mass is 473 g/mol. The Hall–Kier alpha value is -3.98. The van der Waals surface area contributed by atoms with E-state index in [9.17, 15) is 13.6 Å². The van der Waals surface area contributed by atoms with Crippen LogP contribution in [0.15, 0.2) is 66.7 Å². The van der Waals surface area contributed by atoms with E-state index < -0.39 is 17.0 Å². The van der Waals surface area contributed by atoms with Crippen LogP contribution in [0, 0.1) is 11.6 Å². The third kappa shape index (κ3) is 3.45. The van der Waals surface area contributed by atoms with Crippen molar-refractivity contribution in [2.45, 2.75) is 18.3 Å². The number of carbonyl (C=O) groups excluding carboxylic acids is 1. The molecule has 1 aliphatic rings. The van der Waals surface area contributed by atoms with Crippen molar-refractivity contribution in [3.63, 3.8) is 0 Å². The van der Waals surface area contributed by atoms with Crippen molar-refractivity contribution in [2.24, 2.45) is 0 Å². The SMILES string of the molecule is O=C(Nc1ccc(-c2cc3ccccc3s2)c(-c2nnn[nH]2)c1)C1(c2ccc(F)c(F)c2)CC1. The summed E-state index contributed by atoms with van der Waals surface area (Å²) in [5, 5.41) is 18.4. The Morgan fingerprint density at radius 2 is 1.82 bits per heavy atom. The van der Waals surface area contributed by atoms with E-state index >= 15 is 0 Å². The lowest BCUT2D eigenvalue weighted by atomic mass is 9.94. The highest BCUT2D eigenvalue weighted by molar-refractivity contribution is 7.22. The molecule has 34 heavy (non-hydrogen) atoms. The van der Waals surface area contributed by atoms with E-state index in [0.29, 0.717) is 29.9 Å². The third-order valence-corrected chi connectivity index (χ3v) is 7.38. The van der Waals surface area contributed by atoms with E-state index in [-0.39, 0.29) is 5.91 Å². The zero-order chi connectivity index (χ0) is 23.3. The number of H-pyrrole nitrogens is 1. The number of nitrogens with zero attached hydrogens (tertiary/aromatic N) is 3. The zero-order valence-corrected chi connectivity index (χ0v) is 18.5. The maximum Gasteiger partial charge on any atom is 0.235 e. The van der Waals surface area contributed by atoms with Gasteiger partial charge in [-0.25, -0.2) is 13.9 Å². The molecule has 6 rings (SSSR count). The van der Waals surface area contributed by atoms with Crippen LogP contribution in [0.3, 0.4) is 0 Å². The van der Waals surface area contributed by atoms with Gasteiger partial charge in [0.2, 0.25) is 5.91 Å². The standard InChI is InChI=1S/C25H17F2N5OS/c26-19-8-5-15(12-20(19)27)25(9-10-25)24(33)28-16-6-7-17(18(13-16)23-29-31-32-30-23)22-11-14-3-1-2-4-21(14)34-22/h1-8,11-13H,9-10H2,(H,28,33)(H,29,30,31,32). The van der Waals surface area contributed by atoms with Crippen LogP contribution in [-0.2, 0) is 10.2 Å². The Morgan fingerprint density at radius 1 is 0.971 bits per heavy atom. The number of hydrogen-bond acceptors (Lipinski definition) is 5. The lowest BCUT2D eigenvalue weighted by Crippen LogP contribution is -2.28. The summed E-state index contributed by atoms with van der Waals surface area (Å²) in [6.07, 6.45) is 1.14. The lowest BCUT2D eigenvalue weighted by molar-refractivity contribution is -0.118. The first-order valence-electron chi connectivity index (χ1n) is 10.7. The first-order valence-corrected chi connectivity index (χ1v) is 11.5. The number of nitrogens with one attached hydrogen (secondary N) is 2. The number of aromatic nitrogens is 4. The Labute approximate surface area is 196 Å². The molecule has 2 N–H and O–H groups in total. The predicted molar refractivity (Wildman–Crippen MR) is 126 cm³/mol. The van der Waals surface area contributed by atoms with Crippen molar-refractivity contribution in [3.8, 4) is 21.8 Å². The van der Waals surface area contributed by atoms with Gasteiger partial charge in [-0.1, -0.05) is 30.3 Å². The molecule has 2 heterocycles. The van der Waals surface area contributed by atoms with E-state index in [1.807, 2.05) is 30.3 Å². The smallest absolute Gasteiger partial charge is 0.235 e. The minimum Gasteiger partial charge on any atom is -0.325 e. The lowest BCUT2D eigenvalue weighted by Gasteiger charge is -2.17. The van der Waals surface area contributed by atoms with Gasteiger partial charge in [0.25, 0.3) is 0 Å². The van der Waals surface area contributed by atoms with Crippen LogP contribution >= 0.6 is 11.3 Å². The second-order valence-corrected chi connectivity index (χ2v) is 9.41. The van der Waals surface area contributed by atoms with Crippen molar-refractivity contribution in [2.75, 3.05) is 5.32 Å². The summed E-state index contributed by atoms with van der Waals surface area (Å²) in [5.74, 6) is -1.66. The van der Waals surface area contributed by atoms with E-state index in [0.717, 1.165) is 33.5 Å². The highest BCUT2D eigenvalue weighted by atomic mass is 32.1. The van der Waals surface area contributed by atoms with Crippen molar-refractivity contribution in [1.29, 1.82) is 0 Å². The Kier molecular flexibility index (Phi) is 4.73. The highest BCUT2D eigenvalue weighted by Crippen LogP contribution is 2.49. The van der Waals surface area contributed by atoms with Crippen LogP contribution in [0.2, 0.25) is 0 Å². The number of fused-ring (bicyclic) bond motifs is 1. The number of rotatable bonds is 5. The van der Waals surface area contributed by atoms with Gasteiger partial charge in [0.05, 0.1) is 5.41 Å². The molecule has 0 radical (unpaired) electrons. The van der Waals surface area contributed by atoms with Gasteiger partial charge in [-0.05, 0) is 70.6 Å². The number of benzene rings is 3. The van der Waals surface area contributed by atoms with Gasteiger partial charge in [-0.15, -0.1) is 16.4 Å². The molecule has 1 fully saturated rings. The topological polar surface area (TPSA) is 83.6 Å². The minimum absolute atomic E-state index is 0.255. The first kappa shape index (κ1) is 20.6. The number of halogens is 2. The van der Waals surface area contributed by atoms with Crippen LogP contribution < -0.4 is 5.32 Å². The summed E-state index contributed by atoms with van der Waals surface area (Å²) in [6.45, 7) is 0. The van der Waals surface area contributed by atoms with Crippen LogP contribution in [0.1, 0.15) is 18.4 Å². The Bertz CT molecular complexity index is 1510. The number of amides is 1. The number of thiophene rings is 1. The molecule has 6 nitrogen and oxygen atoms in total. The van der Waals surface area contributed by atoms with E-state index in [1.54, 1.807) is 11.3 Å². The normalized spacial score (nSPS) is 14.3. The molecule has 0 aliphatic heterocycles. The maximum atomic E-state index is 13.8. The fourth-order valence-corrected chi connectivity index (χ4v) is 5.34. The molecular formula is C25H17F2N5OS. The zero-order valence-electron chi connectivity index (χ0n) is 17.7. The van der Waals surface area contributed by atoms with Crippen LogP contribution in [0.25, 0.3) is 31.9 Å². The van der Waals surface area contributed by atoms with Crippen molar-refractivity contribution < 1.29 is 13.6 Å². The molecule has 0 spiro atoms. The summed E-state index contributed by atoms with van der Waals surface area (Å²) < 4.78 is 28.3. The van der Waals surface area contributed by atoms with Gasteiger partial charge in [-0.2, -0.15) is 0 Å². The van der Waals surface area contributed by atoms with Gasteiger partial charge in [0.1, 0.15) is 0 Å². The molecule has 3 aromatic carbocycles. The molecule has 168 valence electrons. The number of anilines is 1. The molecule has 0 atom stereocenters. The summed E-state index contributed by atoms with van der Waals surface area (Å²) in [4.78, 5) is 14.2. The molecule has 0 unspecified atom stereocenters. The fraction of sp³-hybridized carbons (Fsp3) is 0.120. The molecule has 2 aromatic heterocycles. The summed E-state index contributed by atoms with van der Waals surface area (Å²) in [5.41, 5.74) is 1.86. The predicted octanol–water partition coefficient (Wildman–Crippen LogP) is 5.70. The molecule has 0 saturated heterocycles. The molecule has 9 heteroatoms. The van der Waals surface area contributed by atoms with Crippen LogP contribution in [0.5, 0.6) is 0 Å². The summed E-state index contributed by atoms with van der Waals surface area (Å²) >= 11 is 1.66. The first-order chi connectivity index (χ1) is 16.5. The molecule has 5 aromatic rings. The minimum atomic E-state index is -0.954. The Morgan fingerprint density at radius 3 is 2.56 bits per heavy atom. The average molecular weight is 474 g/mol. The number of tetrazole rings is 1. The van der Waals surface area contributed by atoms with Crippen molar-refractivity contribution in [3.05, 3.63) is 83.9 Å². The molecule has 1 amide bonds. The summed E-state index contributed by atoms with van der Waals surface area (Å²) in [6, 6.07) is 19.5. The largest absolute Gasteiger partial charge is 0.325 e. The average Bonchev–Trinajstić information content (AvgIpc) is 3.27. The quantitative estimate of drug-likeness (QED) is 0.343. The molecule has 1 aliphatic carbocycles. The van der Waals surface area contributed by atoms with Crippen LogP contribution in [0.4, 0.5) is 14.5 Å². The highest BCUT2D eigenvalue weighted by Gasteiger charge is 2.51. The second kappa shape index (κ2) is 7.81. The number of hydrogen-bond donors (Lipinski definition) is 2. The third-order valence-electron chi connectivity index (χ3n) is 6.23. The second-order valence-electron chi connectivity index (χ2n) is 8.32. The maximum absolute atomic E-state index is 13.8. The van der Waals surface area contributed by atoms with Gasteiger partial charge >= 0.3 is 0 Å². The fourth-order valence-electron chi connectivity index (χ4n) is 4.24. The molecular weight excluding hydrogens is 456 g/mol. The van der Waals surface area contributed by atoms with E-state index in [2.05, 4.69) is 44.1 Å². The van der Waals surface area contributed by atoms with E-state index in [4.69, 9.17) is 0 Å². The van der Waals surface area contributed by atoms with Gasteiger partial charge in [0.15, 0.2) is 17.5 Å². The Balaban J connectivity index is 1.36. The number of carbonyl (C=O) groups is 1. The molecule has 0 bridgehead atoms. The van der Waals surface area contributed by atoms with Crippen LogP contribution in [-0.4, -0.2) is 26.5 Å². The molecule has 1 saturated carbocycles. The van der Waals surface area contributed by atoms with Crippen molar-refractivity contribution >= 4 is 33.0 Å². The van der Waals surface area contributed by atoms with Crippen molar-refractivity contribution in [1.82, 2.24) is 20.6 Å². The summed E-state index contributed by atoms with van der Waals surface area (Å²) in [7, 11) is 0. The van der Waals surface area contributed by atoms with Gasteiger partial charge in [-0.3, -0.25) is 4.79 Å².